The summed E-state index contributed by atoms with van der Waals surface area (Å²) < 4.78 is 0. The van der Waals surface area contributed by atoms with Crippen LogP contribution in [0.25, 0.3) is 0 Å². The van der Waals surface area contributed by atoms with Crippen LogP contribution in [0.15, 0.2) is 84.9 Å². The molecular weight excluding hydrogens is 796 g/mol. The Kier molecular flexibility index (Phi) is 40.8. The van der Waals surface area contributed by atoms with Gasteiger partial charge in [0.1, 0.15) is 11.5 Å². The van der Waals surface area contributed by atoms with Gasteiger partial charge in [-0.2, -0.15) is 0 Å². The van der Waals surface area contributed by atoms with Crippen molar-refractivity contribution in [3.8, 4) is 11.5 Å². The molecule has 0 heterocycles. The summed E-state index contributed by atoms with van der Waals surface area (Å²) in [4.78, 5) is 5.09. The minimum absolute atomic E-state index is 0. The molecule has 8 nitrogen and oxygen atoms in total. The maximum Gasteiger partial charge on any atom is 0.122 e. The molecule has 0 aliphatic rings. The second kappa shape index (κ2) is 36.5. The van der Waals surface area contributed by atoms with Gasteiger partial charge < -0.3 is 45.5 Å². The fourth-order valence-corrected chi connectivity index (χ4v) is 6.34. The summed E-state index contributed by atoms with van der Waals surface area (Å²) in [7, 11) is 4.00. The minimum atomic E-state index is 0. The van der Waals surface area contributed by atoms with Crippen molar-refractivity contribution < 1.29 is 74.1 Å². The van der Waals surface area contributed by atoms with Crippen molar-refractivity contribution >= 4 is 0 Å². The molecule has 4 aromatic rings. The molecule has 0 radical (unpaired) electrons. The maximum atomic E-state index is 11.1. The fourth-order valence-electron chi connectivity index (χ4n) is 6.34. The molecule has 0 aliphatic carbocycles. The molecule has 0 unspecified atom stereocenters. The number of aromatic hydroxyl groups is 2. The second-order valence-corrected chi connectivity index (χ2v) is 14.3. The van der Waals surface area contributed by atoms with Crippen LogP contribution in [0.1, 0.15) is 124 Å². The number of nitrogens with zero attached hydrogens (tertiary/aromatic N) is 2. The molecular formula is C48H78N2O6Ti2-2. The molecule has 0 aliphatic heterocycles. The standard InChI is InChI=1S/C42H56N2O2.4CH4O.2CH3.2Ti/c1-29(2)37-21-35(22-38(30(3)4)41(37)45)27-43(25-33-15-11-9-12-16-33)19-20-44(26-34-17-13-10-14-18-34)28-36-23-39(31(5)6)42(46)40(24-36)32(7)8;4*1-2;;;;/h9-18,21-24,29-32,45-46H,19-20,25-28H2,1-8H3;4*2H,1H3;2*1H3;;/q;;;;;2*-1;;. The Labute approximate surface area is 384 Å². The van der Waals surface area contributed by atoms with Crippen LogP contribution < -0.4 is 0 Å². The summed E-state index contributed by atoms with van der Waals surface area (Å²) in [5.41, 5.74) is 9.20. The van der Waals surface area contributed by atoms with Crippen molar-refractivity contribution in [2.45, 2.75) is 105 Å². The molecule has 4 aromatic carbocycles. The van der Waals surface area contributed by atoms with Gasteiger partial charge in [0.05, 0.1) is 0 Å². The second-order valence-electron chi connectivity index (χ2n) is 14.3. The summed E-state index contributed by atoms with van der Waals surface area (Å²) in [5, 5.41) is 50.1. The number of rotatable bonds is 15. The van der Waals surface area contributed by atoms with E-state index in [1.54, 1.807) is 0 Å². The van der Waals surface area contributed by atoms with E-state index in [0.717, 1.165) is 90.0 Å². The molecule has 6 N–H and O–H groups in total. The van der Waals surface area contributed by atoms with Crippen molar-refractivity contribution in [3.63, 3.8) is 0 Å². The predicted molar refractivity (Wildman–Crippen MR) is 239 cm³/mol. The van der Waals surface area contributed by atoms with Gasteiger partial charge in [-0.05, 0) is 68.2 Å². The Morgan fingerprint density at radius 1 is 0.379 bits per heavy atom. The fraction of sp³-hybridized carbons (Fsp3) is 0.458. The van der Waals surface area contributed by atoms with E-state index in [2.05, 4.69) is 150 Å². The zero-order valence-electron chi connectivity index (χ0n) is 38.2. The largest absolute Gasteiger partial charge is 0.507 e. The monoisotopic (exact) mass is 874 g/mol. The molecule has 58 heavy (non-hydrogen) atoms. The molecule has 0 aromatic heterocycles. The zero-order valence-corrected chi connectivity index (χ0v) is 41.3. The summed E-state index contributed by atoms with van der Waals surface area (Å²) in [6.07, 6.45) is 0. The average Bonchev–Trinajstić information content (AvgIpc) is 3.18. The smallest absolute Gasteiger partial charge is 0.122 e. The first-order valence-electron chi connectivity index (χ1n) is 19.0. The first-order chi connectivity index (χ1) is 25.9. The van der Waals surface area contributed by atoms with Crippen LogP contribution >= 0.6 is 0 Å². The van der Waals surface area contributed by atoms with Gasteiger partial charge in [0.25, 0.3) is 0 Å². The topological polar surface area (TPSA) is 128 Å². The van der Waals surface area contributed by atoms with E-state index in [-0.39, 0.29) is 82.0 Å². The van der Waals surface area contributed by atoms with E-state index < -0.39 is 0 Å². The Morgan fingerprint density at radius 3 is 0.793 bits per heavy atom. The predicted octanol–water partition coefficient (Wildman–Crippen LogP) is 9.63. The number of hydrogen-bond donors (Lipinski definition) is 6. The van der Waals surface area contributed by atoms with Crippen LogP contribution in [0.4, 0.5) is 0 Å². The van der Waals surface area contributed by atoms with Crippen LogP contribution in [0.5, 0.6) is 11.5 Å². The summed E-state index contributed by atoms with van der Waals surface area (Å²) in [5.74, 6) is 1.90. The van der Waals surface area contributed by atoms with Crippen molar-refractivity contribution in [3.05, 3.63) is 144 Å². The number of benzene rings is 4. The van der Waals surface area contributed by atoms with Crippen LogP contribution in [-0.4, -0.2) is 82.0 Å². The van der Waals surface area contributed by atoms with Crippen molar-refractivity contribution in [2.24, 2.45) is 0 Å². The van der Waals surface area contributed by atoms with Crippen molar-refractivity contribution in [1.29, 1.82) is 0 Å². The Balaban J connectivity index is -0.000000734. The Hall–Kier alpha value is -2.33. The third kappa shape index (κ3) is 21.8. The van der Waals surface area contributed by atoms with Crippen molar-refractivity contribution in [1.82, 2.24) is 9.80 Å². The number of aliphatic hydroxyl groups excluding tert-OH is 4. The molecule has 4 rings (SSSR count). The number of phenols is 2. The van der Waals surface area contributed by atoms with Crippen LogP contribution in [0.2, 0.25) is 0 Å². The van der Waals surface area contributed by atoms with Gasteiger partial charge in [-0.3, -0.25) is 9.80 Å². The Morgan fingerprint density at radius 2 is 0.586 bits per heavy atom. The van der Waals surface area contributed by atoms with Gasteiger partial charge in [-0.1, -0.05) is 140 Å². The Bertz CT molecular complexity index is 1380. The van der Waals surface area contributed by atoms with E-state index in [1.807, 2.05) is 0 Å². The maximum absolute atomic E-state index is 11.1. The summed E-state index contributed by atoms with van der Waals surface area (Å²) >= 11 is 0. The van der Waals surface area contributed by atoms with Gasteiger partial charge in [0, 0.05) is 111 Å². The van der Waals surface area contributed by atoms with Gasteiger partial charge in [-0.15, -0.1) is 0 Å². The number of hydrogen-bond acceptors (Lipinski definition) is 8. The van der Waals surface area contributed by atoms with Crippen LogP contribution in [0.3, 0.4) is 0 Å². The van der Waals surface area contributed by atoms with E-state index in [4.69, 9.17) is 20.4 Å². The normalized spacial score (nSPS) is 9.97. The summed E-state index contributed by atoms with van der Waals surface area (Å²) in [6, 6.07) is 30.3. The van der Waals surface area contributed by atoms with Crippen LogP contribution in [0, 0.1) is 14.9 Å². The molecule has 10 heteroatoms. The SMILES string of the molecule is CC(C)c1cc(CN(CCN(Cc2ccccc2)Cc2cc(C(C)C)c(O)c(C(C)C)c2)Cc2ccccc2)cc(C(C)C)c1O.CO.CO.CO.CO.[CH3-].[CH3-].[Ti].[Ti]. The zero-order chi connectivity index (χ0) is 41.4. The number of phenolic OH excluding ortho intramolecular Hbond substituents is 2. The van der Waals surface area contributed by atoms with E-state index in [9.17, 15) is 10.2 Å². The number of aliphatic hydroxyl groups is 4. The van der Waals surface area contributed by atoms with E-state index in [1.165, 1.54) is 22.3 Å². The first-order valence-corrected chi connectivity index (χ1v) is 19.0. The first kappa shape index (κ1) is 64.8. The molecule has 0 atom stereocenters. The minimum Gasteiger partial charge on any atom is -0.507 e. The van der Waals surface area contributed by atoms with Gasteiger partial charge in [0.15, 0.2) is 0 Å². The molecule has 0 fully saturated rings. The molecule has 0 saturated heterocycles. The molecule has 0 saturated carbocycles. The quantitative estimate of drug-likeness (QED) is 0.0515. The summed E-state index contributed by atoms with van der Waals surface area (Å²) in [6.45, 7) is 22.4. The van der Waals surface area contributed by atoms with Crippen molar-refractivity contribution in [2.75, 3.05) is 41.5 Å². The van der Waals surface area contributed by atoms with E-state index >= 15 is 0 Å². The molecule has 0 amide bonds. The van der Waals surface area contributed by atoms with Gasteiger partial charge in [0.2, 0.25) is 0 Å². The van der Waals surface area contributed by atoms with Gasteiger partial charge >= 0.3 is 0 Å². The van der Waals surface area contributed by atoms with E-state index in [0.29, 0.717) is 11.5 Å². The average molecular weight is 875 g/mol. The van der Waals surface area contributed by atoms with Crippen LogP contribution in [-0.2, 0) is 69.6 Å². The molecule has 0 bridgehead atoms. The van der Waals surface area contributed by atoms with Gasteiger partial charge in [-0.25, -0.2) is 0 Å². The molecule has 326 valence electrons. The third-order valence-corrected chi connectivity index (χ3v) is 8.99. The third-order valence-electron chi connectivity index (χ3n) is 8.99. The molecule has 0 spiro atoms.